The van der Waals surface area contributed by atoms with E-state index in [0.717, 1.165) is 31.4 Å². The quantitative estimate of drug-likeness (QED) is 0.552. The lowest BCUT2D eigenvalue weighted by Gasteiger charge is -2.38. The number of aliphatic hydroxyl groups is 1. The van der Waals surface area contributed by atoms with Crippen molar-refractivity contribution in [3.05, 3.63) is 24.0 Å². The second-order valence-corrected chi connectivity index (χ2v) is 7.66. The molecule has 0 unspecified atom stereocenters. The molecule has 0 saturated carbocycles. The summed E-state index contributed by atoms with van der Waals surface area (Å²) in [4.78, 5) is 13.9. The van der Waals surface area contributed by atoms with Crippen LogP contribution in [0.15, 0.2) is 24.0 Å². The summed E-state index contributed by atoms with van der Waals surface area (Å²) in [6, 6.07) is 0. The monoisotopic (exact) mass is 353 g/mol. The van der Waals surface area contributed by atoms with Crippen molar-refractivity contribution >= 4 is 6.09 Å². The van der Waals surface area contributed by atoms with Crippen molar-refractivity contribution in [2.75, 3.05) is 26.8 Å². The van der Waals surface area contributed by atoms with Crippen LogP contribution in [0.25, 0.3) is 0 Å². The summed E-state index contributed by atoms with van der Waals surface area (Å²) in [6.45, 7) is 9.04. The average Bonchev–Trinajstić information content (AvgIpc) is 2.56. The van der Waals surface area contributed by atoms with Crippen molar-refractivity contribution in [2.24, 2.45) is 11.8 Å². The van der Waals surface area contributed by atoms with Crippen molar-refractivity contribution in [3.8, 4) is 0 Å². The molecule has 0 radical (unpaired) electrons. The van der Waals surface area contributed by atoms with Gasteiger partial charge < -0.3 is 19.5 Å². The number of allylic oxidation sites excluding steroid dienone is 3. The fourth-order valence-corrected chi connectivity index (χ4v) is 2.96. The lowest BCUT2D eigenvalue weighted by molar-refractivity contribution is 0.00435. The highest BCUT2D eigenvalue weighted by molar-refractivity contribution is 5.68. The van der Waals surface area contributed by atoms with Crippen LogP contribution in [0.4, 0.5) is 4.79 Å². The second kappa shape index (κ2) is 10.5. The van der Waals surface area contributed by atoms with Gasteiger partial charge in [-0.25, -0.2) is 4.79 Å². The Bertz CT molecular complexity index is 465. The standard InChI is InChI=1S/C20H35NO4/c1-6-7-10-18(24-5)11-8-9-16-12-13-21(14-17(16)15-22)19(23)25-20(2,3)4/h8,10-11,16-17,22H,6-7,9,12-15H2,1-5H3/b11-8-,18-10+/t16-,17+/m1/s1. The predicted octanol–water partition coefficient (Wildman–Crippen LogP) is 4.13. The molecule has 0 aliphatic carbocycles. The summed E-state index contributed by atoms with van der Waals surface area (Å²) in [5.74, 6) is 1.33. The molecule has 1 amide bonds. The predicted molar refractivity (Wildman–Crippen MR) is 100 cm³/mol. The molecule has 5 heteroatoms. The van der Waals surface area contributed by atoms with E-state index >= 15 is 0 Å². The third kappa shape index (κ3) is 7.95. The van der Waals surface area contributed by atoms with Crippen LogP contribution < -0.4 is 0 Å². The van der Waals surface area contributed by atoms with Gasteiger partial charge in [-0.3, -0.25) is 0 Å². The van der Waals surface area contributed by atoms with Gasteiger partial charge in [0.2, 0.25) is 0 Å². The maximum absolute atomic E-state index is 12.2. The van der Waals surface area contributed by atoms with Crippen molar-refractivity contribution < 1.29 is 19.4 Å². The normalized spacial score (nSPS) is 22.3. The number of hydrogen-bond acceptors (Lipinski definition) is 4. The van der Waals surface area contributed by atoms with E-state index in [2.05, 4.69) is 19.1 Å². The third-order valence-electron chi connectivity index (χ3n) is 4.37. The molecule has 0 aromatic heterocycles. The first-order chi connectivity index (χ1) is 11.8. The molecular formula is C20H35NO4. The zero-order valence-electron chi connectivity index (χ0n) is 16.5. The number of unbranched alkanes of at least 4 members (excludes halogenated alkanes) is 1. The van der Waals surface area contributed by atoms with Gasteiger partial charge in [0.05, 0.1) is 7.11 Å². The smallest absolute Gasteiger partial charge is 0.410 e. The van der Waals surface area contributed by atoms with Crippen LogP contribution in [0.3, 0.4) is 0 Å². The molecular weight excluding hydrogens is 318 g/mol. The van der Waals surface area contributed by atoms with E-state index in [1.165, 1.54) is 0 Å². The Labute approximate surface area is 152 Å². The van der Waals surface area contributed by atoms with Crippen LogP contribution in [0.5, 0.6) is 0 Å². The Morgan fingerprint density at radius 1 is 1.32 bits per heavy atom. The van der Waals surface area contributed by atoms with Gasteiger partial charge in [-0.2, -0.15) is 0 Å². The minimum Gasteiger partial charge on any atom is -0.497 e. The summed E-state index contributed by atoms with van der Waals surface area (Å²) in [7, 11) is 1.68. The van der Waals surface area contributed by atoms with Crippen LogP contribution in [0, 0.1) is 11.8 Å². The molecule has 1 saturated heterocycles. The Morgan fingerprint density at radius 3 is 2.60 bits per heavy atom. The number of carbonyl (C=O) groups is 1. The van der Waals surface area contributed by atoms with Gasteiger partial charge in [-0.05, 0) is 58.1 Å². The summed E-state index contributed by atoms with van der Waals surface area (Å²) in [5.41, 5.74) is -0.493. The van der Waals surface area contributed by atoms with Crippen molar-refractivity contribution in [3.63, 3.8) is 0 Å². The van der Waals surface area contributed by atoms with Crippen LogP contribution in [-0.2, 0) is 9.47 Å². The van der Waals surface area contributed by atoms with E-state index in [0.29, 0.717) is 19.0 Å². The molecule has 1 rings (SSSR count). The second-order valence-electron chi connectivity index (χ2n) is 7.66. The molecule has 144 valence electrons. The fourth-order valence-electron chi connectivity index (χ4n) is 2.96. The summed E-state index contributed by atoms with van der Waals surface area (Å²) < 4.78 is 10.8. The number of likely N-dealkylation sites (tertiary alicyclic amines) is 1. The third-order valence-corrected chi connectivity index (χ3v) is 4.37. The highest BCUT2D eigenvalue weighted by Crippen LogP contribution is 2.28. The van der Waals surface area contributed by atoms with Gasteiger partial charge in [0, 0.05) is 25.6 Å². The van der Waals surface area contributed by atoms with E-state index in [1.807, 2.05) is 26.8 Å². The van der Waals surface area contributed by atoms with E-state index in [-0.39, 0.29) is 18.6 Å². The molecule has 0 spiro atoms. The maximum Gasteiger partial charge on any atom is 0.410 e. The van der Waals surface area contributed by atoms with Gasteiger partial charge in [-0.15, -0.1) is 0 Å². The van der Waals surface area contributed by atoms with Crippen molar-refractivity contribution in [1.82, 2.24) is 4.90 Å². The molecule has 1 aliphatic rings. The molecule has 0 aromatic carbocycles. The number of methoxy groups -OCH3 is 1. The van der Waals surface area contributed by atoms with Gasteiger partial charge >= 0.3 is 6.09 Å². The number of hydrogen-bond donors (Lipinski definition) is 1. The number of ether oxygens (including phenoxy) is 2. The van der Waals surface area contributed by atoms with Crippen molar-refractivity contribution in [1.29, 1.82) is 0 Å². The summed E-state index contributed by atoms with van der Waals surface area (Å²) in [5, 5.41) is 9.73. The van der Waals surface area contributed by atoms with Gasteiger partial charge in [0.15, 0.2) is 0 Å². The first kappa shape index (κ1) is 21.6. The fraction of sp³-hybridized carbons (Fsp3) is 0.750. The Kier molecular flexibility index (Phi) is 9.04. The zero-order valence-corrected chi connectivity index (χ0v) is 16.5. The summed E-state index contributed by atoms with van der Waals surface area (Å²) in [6.07, 6.45) is 9.76. The van der Waals surface area contributed by atoms with Crippen LogP contribution in [0.1, 0.15) is 53.4 Å². The maximum atomic E-state index is 12.2. The largest absolute Gasteiger partial charge is 0.497 e. The Morgan fingerprint density at radius 2 is 2.04 bits per heavy atom. The van der Waals surface area contributed by atoms with Gasteiger partial charge in [0.25, 0.3) is 0 Å². The van der Waals surface area contributed by atoms with E-state index in [1.54, 1.807) is 12.0 Å². The lowest BCUT2D eigenvalue weighted by Crippen LogP contribution is -2.46. The number of aliphatic hydroxyl groups excluding tert-OH is 1. The highest BCUT2D eigenvalue weighted by Gasteiger charge is 2.32. The van der Waals surface area contributed by atoms with E-state index in [9.17, 15) is 9.90 Å². The minimum absolute atomic E-state index is 0.0801. The van der Waals surface area contributed by atoms with Crippen LogP contribution in [-0.4, -0.2) is 48.5 Å². The molecule has 5 nitrogen and oxygen atoms in total. The molecule has 0 bridgehead atoms. The number of amides is 1. The topological polar surface area (TPSA) is 59.0 Å². The van der Waals surface area contributed by atoms with Gasteiger partial charge in [0.1, 0.15) is 11.4 Å². The molecule has 1 fully saturated rings. The Balaban J connectivity index is 2.57. The lowest BCUT2D eigenvalue weighted by atomic mass is 9.83. The number of piperidine rings is 1. The first-order valence-corrected chi connectivity index (χ1v) is 9.30. The molecule has 2 atom stereocenters. The van der Waals surface area contributed by atoms with E-state index in [4.69, 9.17) is 9.47 Å². The molecule has 25 heavy (non-hydrogen) atoms. The Hall–Kier alpha value is -1.49. The minimum atomic E-state index is -0.493. The highest BCUT2D eigenvalue weighted by atomic mass is 16.6. The molecule has 0 aromatic rings. The van der Waals surface area contributed by atoms with Gasteiger partial charge in [-0.1, -0.05) is 19.4 Å². The summed E-state index contributed by atoms with van der Waals surface area (Å²) >= 11 is 0. The molecule has 1 heterocycles. The number of nitrogens with zero attached hydrogens (tertiary/aromatic N) is 1. The van der Waals surface area contributed by atoms with E-state index < -0.39 is 5.60 Å². The number of carbonyl (C=O) groups excluding carboxylic acids is 1. The van der Waals surface area contributed by atoms with Crippen LogP contribution in [0.2, 0.25) is 0 Å². The average molecular weight is 354 g/mol. The SMILES string of the molecule is CCC/C=C(\C=C/C[C@@H]1CCN(C(=O)OC(C)(C)C)C[C@H]1CO)OC. The zero-order chi connectivity index (χ0) is 18.9. The van der Waals surface area contributed by atoms with Crippen LogP contribution >= 0.6 is 0 Å². The first-order valence-electron chi connectivity index (χ1n) is 9.30. The van der Waals surface area contributed by atoms with Crippen molar-refractivity contribution in [2.45, 2.75) is 59.0 Å². The molecule has 1 N–H and O–H groups in total. The number of rotatable bonds is 7. The molecule has 1 aliphatic heterocycles.